The molecule has 0 radical (unpaired) electrons. The largest absolute Gasteiger partial charge is 0.244 e. The Morgan fingerprint density at radius 2 is 0.647 bits per heavy atom. The van der Waals surface area contributed by atoms with Gasteiger partial charge >= 0.3 is 0 Å². The minimum Gasteiger partial charge on any atom is -0.244 e. The summed E-state index contributed by atoms with van der Waals surface area (Å²) >= 11 is 0. The first-order valence-electron chi connectivity index (χ1n) is 11.4. The predicted molar refractivity (Wildman–Crippen MR) is 137 cm³/mol. The van der Waals surface area contributed by atoms with Gasteiger partial charge in [0, 0.05) is 33.0 Å². The number of fused-ring (bicyclic) bond motifs is 8. The number of benzene rings is 5. The molecule has 154 valence electrons. The normalized spacial score (nSPS) is 12.7. The highest BCUT2D eigenvalue weighted by Gasteiger charge is 2.26. The first kappa shape index (κ1) is 16.9. The second-order valence-electron chi connectivity index (χ2n) is 9.09. The van der Waals surface area contributed by atoms with Crippen molar-refractivity contribution in [2.75, 3.05) is 0 Å². The van der Waals surface area contributed by atoms with Gasteiger partial charge in [-0.25, -0.2) is 19.9 Å². The standard InChI is InChI=1S/C30H14N4/c1-5-15-6-2-10-18-25(15)17(9-1)27-28(18)32-22-14-24-23(13-21(22)31-27)33-29-19-11-3-7-16-8-4-12-20(26(16)19)30(29)34-24/h1-14H. The van der Waals surface area contributed by atoms with Gasteiger partial charge in [-0.15, -0.1) is 0 Å². The van der Waals surface area contributed by atoms with Gasteiger partial charge in [0.25, 0.3) is 0 Å². The van der Waals surface area contributed by atoms with Gasteiger partial charge in [0.2, 0.25) is 0 Å². The minimum absolute atomic E-state index is 0.846. The van der Waals surface area contributed by atoms with Gasteiger partial charge in [-0.3, -0.25) is 0 Å². The van der Waals surface area contributed by atoms with Crippen LogP contribution in [0.4, 0.5) is 0 Å². The van der Waals surface area contributed by atoms with Crippen LogP contribution in [0.15, 0.2) is 84.9 Å². The van der Waals surface area contributed by atoms with Gasteiger partial charge in [0.15, 0.2) is 0 Å². The zero-order valence-electron chi connectivity index (χ0n) is 17.9. The number of aromatic nitrogens is 4. The van der Waals surface area contributed by atoms with Gasteiger partial charge in [0.05, 0.1) is 44.8 Å². The maximum atomic E-state index is 5.09. The van der Waals surface area contributed by atoms with Crippen LogP contribution in [0, 0.1) is 0 Å². The van der Waals surface area contributed by atoms with Crippen molar-refractivity contribution < 1.29 is 0 Å². The molecule has 0 spiro atoms. The van der Waals surface area contributed by atoms with E-state index in [1.807, 2.05) is 12.1 Å². The topological polar surface area (TPSA) is 51.6 Å². The van der Waals surface area contributed by atoms with Crippen LogP contribution in [0.25, 0.3) is 88.6 Å². The molecule has 2 aromatic heterocycles. The van der Waals surface area contributed by atoms with Crippen LogP contribution in [0.1, 0.15) is 0 Å². The number of hydrogen-bond acceptors (Lipinski definition) is 4. The van der Waals surface area contributed by atoms with Gasteiger partial charge in [0.1, 0.15) is 0 Å². The van der Waals surface area contributed by atoms with Crippen molar-refractivity contribution >= 4 is 43.6 Å². The summed E-state index contributed by atoms with van der Waals surface area (Å²) in [5.74, 6) is 0. The van der Waals surface area contributed by atoms with Crippen LogP contribution >= 0.6 is 0 Å². The van der Waals surface area contributed by atoms with Crippen molar-refractivity contribution in [2.24, 2.45) is 0 Å². The van der Waals surface area contributed by atoms with Crippen molar-refractivity contribution in [1.29, 1.82) is 0 Å². The molecule has 0 unspecified atom stereocenters. The van der Waals surface area contributed by atoms with Crippen LogP contribution in [-0.2, 0) is 0 Å². The van der Waals surface area contributed by atoms with Gasteiger partial charge in [-0.1, -0.05) is 72.8 Å². The molecule has 0 saturated carbocycles. The number of rotatable bonds is 0. The fraction of sp³-hybridized carbons (Fsp3) is 0. The van der Waals surface area contributed by atoms with Crippen molar-refractivity contribution in [2.45, 2.75) is 0 Å². The monoisotopic (exact) mass is 430 g/mol. The molecule has 0 amide bonds. The fourth-order valence-corrected chi connectivity index (χ4v) is 5.83. The SMILES string of the molecule is c1cc2c3c(cccc3c1)-c1nc3cc4nc5c(nc4cc3nc1-2)-c1cccc2cccc-5c12. The van der Waals surface area contributed by atoms with Crippen LogP contribution in [0.3, 0.4) is 0 Å². The average molecular weight is 430 g/mol. The van der Waals surface area contributed by atoms with Gasteiger partial charge in [-0.05, 0) is 22.9 Å². The van der Waals surface area contributed by atoms with E-state index in [-0.39, 0.29) is 0 Å². The van der Waals surface area contributed by atoms with E-state index >= 15 is 0 Å². The molecule has 4 heteroatoms. The van der Waals surface area contributed by atoms with E-state index in [9.17, 15) is 0 Å². The maximum absolute atomic E-state index is 5.09. The molecule has 0 atom stereocenters. The third-order valence-electron chi connectivity index (χ3n) is 7.28. The van der Waals surface area contributed by atoms with Crippen LogP contribution in [-0.4, -0.2) is 19.9 Å². The lowest BCUT2D eigenvalue weighted by Gasteiger charge is -2.07. The van der Waals surface area contributed by atoms with Crippen LogP contribution < -0.4 is 0 Å². The first-order chi connectivity index (χ1) is 16.8. The highest BCUT2D eigenvalue weighted by Crippen LogP contribution is 2.47. The molecule has 2 aliphatic carbocycles. The molecular formula is C30H14N4. The van der Waals surface area contributed by atoms with Gasteiger partial charge in [-0.2, -0.15) is 0 Å². The van der Waals surface area contributed by atoms with E-state index in [4.69, 9.17) is 19.9 Å². The molecule has 9 rings (SSSR count). The molecule has 2 aliphatic rings. The zero-order valence-corrected chi connectivity index (χ0v) is 17.9. The zero-order chi connectivity index (χ0) is 22.0. The fourth-order valence-electron chi connectivity index (χ4n) is 5.83. The van der Waals surface area contributed by atoms with Gasteiger partial charge < -0.3 is 0 Å². The van der Waals surface area contributed by atoms with Crippen LogP contribution in [0.2, 0.25) is 0 Å². The lowest BCUT2D eigenvalue weighted by molar-refractivity contribution is 1.29. The summed E-state index contributed by atoms with van der Waals surface area (Å²) in [6, 6.07) is 29.6. The quantitative estimate of drug-likeness (QED) is 0.239. The summed E-state index contributed by atoms with van der Waals surface area (Å²) in [6.07, 6.45) is 0. The van der Waals surface area contributed by atoms with Crippen molar-refractivity contribution in [3.05, 3.63) is 84.9 Å². The predicted octanol–water partition coefficient (Wildman–Crippen LogP) is 7.17. The Bertz CT molecular complexity index is 1790. The molecule has 0 fully saturated rings. The molecule has 0 aliphatic heterocycles. The molecule has 34 heavy (non-hydrogen) atoms. The van der Waals surface area contributed by atoms with Crippen molar-refractivity contribution in [3.8, 4) is 45.0 Å². The summed E-state index contributed by atoms with van der Waals surface area (Å²) in [7, 11) is 0. The molecule has 2 heterocycles. The lowest BCUT2D eigenvalue weighted by atomic mass is 10.0. The molecule has 5 aromatic carbocycles. The summed E-state index contributed by atoms with van der Waals surface area (Å²) in [4.78, 5) is 20.3. The van der Waals surface area contributed by atoms with Crippen molar-refractivity contribution in [1.82, 2.24) is 19.9 Å². The lowest BCUT2D eigenvalue weighted by Crippen LogP contribution is -1.94. The highest BCUT2D eigenvalue weighted by molar-refractivity contribution is 6.16. The Kier molecular flexibility index (Phi) is 2.78. The van der Waals surface area contributed by atoms with E-state index in [2.05, 4.69) is 72.8 Å². The summed E-state index contributed by atoms with van der Waals surface area (Å²) in [5.41, 5.74) is 11.8. The Morgan fingerprint density at radius 3 is 0.941 bits per heavy atom. The summed E-state index contributed by atoms with van der Waals surface area (Å²) in [5, 5.41) is 4.91. The van der Waals surface area contributed by atoms with E-state index < -0.39 is 0 Å². The molecule has 0 bridgehead atoms. The second kappa shape index (κ2) is 5.61. The molecular weight excluding hydrogens is 416 g/mol. The summed E-state index contributed by atoms with van der Waals surface area (Å²) in [6.45, 7) is 0. The van der Waals surface area contributed by atoms with E-state index in [0.29, 0.717) is 0 Å². The van der Waals surface area contributed by atoms with Crippen molar-refractivity contribution in [3.63, 3.8) is 0 Å². The molecule has 0 saturated heterocycles. The van der Waals surface area contributed by atoms with E-state index in [1.54, 1.807) is 0 Å². The van der Waals surface area contributed by atoms with E-state index in [1.165, 1.54) is 21.5 Å². The Morgan fingerprint density at radius 1 is 0.353 bits per heavy atom. The second-order valence-corrected chi connectivity index (χ2v) is 9.09. The molecule has 4 nitrogen and oxygen atoms in total. The summed E-state index contributed by atoms with van der Waals surface area (Å²) < 4.78 is 0. The van der Waals surface area contributed by atoms with E-state index in [0.717, 1.165) is 67.1 Å². The number of hydrogen-bond donors (Lipinski definition) is 0. The van der Waals surface area contributed by atoms with Crippen LogP contribution in [0.5, 0.6) is 0 Å². The maximum Gasteiger partial charge on any atom is 0.0979 e. The Hall–Kier alpha value is -4.70. The third kappa shape index (κ3) is 1.92. The third-order valence-corrected chi connectivity index (χ3v) is 7.28. The Labute approximate surface area is 193 Å². The smallest absolute Gasteiger partial charge is 0.0979 e. The first-order valence-corrected chi connectivity index (χ1v) is 11.4. The highest BCUT2D eigenvalue weighted by atomic mass is 14.9. The minimum atomic E-state index is 0.846. The number of nitrogens with zero attached hydrogens (tertiary/aromatic N) is 4. The molecule has 0 N–H and O–H groups in total. The molecule has 7 aromatic rings. The Balaban J connectivity index is 1.35. The average Bonchev–Trinajstić information content (AvgIpc) is 3.36.